The number of rotatable bonds is 6. The number of carbonyl (C=O) groups is 1. The molecule has 1 aromatic rings. The molecule has 4 heteroatoms. The molecule has 3 saturated carbocycles. The maximum Gasteiger partial charge on any atom is 0.220 e. The molecule has 2 atom stereocenters. The summed E-state index contributed by atoms with van der Waals surface area (Å²) in [6.45, 7) is 0. The van der Waals surface area contributed by atoms with Gasteiger partial charge in [-0.15, -0.1) is 0 Å². The average molecular weight is 371 g/mol. The van der Waals surface area contributed by atoms with Crippen LogP contribution in [0.25, 0.3) is 0 Å². The van der Waals surface area contributed by atoms with Gasteiger partial charge >= 0.3 is 0 Å². The number of ether oxygens (including phenoxy) is 1. The smallest absolute Gasteiger partial charge is 0.220 e. The summed E-state index contributed by atoms with van der Waals surface area (Å²) < 4.78 is 6.09. The van der Waals surface area contributed by atoms with Gasteiger partial charge in [0.05, 0.1) is 6.10 Å². The van der Waals surface area contributed by atoms with Crippen LogP contribution in [0.4, 0.5) is 0 Å². The van der Waals surface area contributed by atoms with E-state index in [2.05, 4.69) is 17.4 Å². The Morgan fingerprint density at radius 3 is 2.56 bits per heavy atom. The summed E-state index contributed by atoms with van der Waals surface area (Å²) in [6.07, 6.45) is 12.5. The van der Waals surface area contributed by atoms with E-state index in [9.17, 15) is 4.79 Å². The molecule has 3 N–H and O–H groups in total. The molecule has 0 saturated heterocycles. The minimum atomic E-state index is 0.189. The number of nitrogens with two attached hydrogens (primary N) is 1. The van der Waals surface area contributed by atoms with Crippen LogP contribution in [0, 0.1) is 11.8 Å². The first-order valence-electron chi connectivity index (χ1n) is 11.0. The number of hydrogen-bond donors (Lipinski definition) is 2. The molecule has 0 heterocycles. The Morgan fingerprint density at radius 2 is 1.81 bits per heavy atom. The van der Waals surface area contributed by atoms with Crippen molar-refractivity contribution in [1.82, 2.24) is 5.32 Å². The molecule has 2 bridgehead atoms. The number of aryl methyl sites for hydroxylation is 1. The average Bonchev–Trinajstić information content (AvgIpc) is 3.14. The molecule has 148 valence electrons. The van der Waals surface area contributed by atoms with E-state index in [0.29, 0.717) is 36.4 Å². The first-order valence-corrected chi connectivity index (χ1v) is 11.0. The molecule has 0 aliphatic heterocycles. The maximum atomic E-state index is 12.6. The molecule has 0 spiro atoms. The van der Waals surface area contributed by atoms with Gasteiger partial charge in [-0.1, -0.05) is 18.6 Å². The highest BCUT2D eigenvalue weighted by atomic mass is 16.5. The molecule has 2 unspecified atom stereocenters. The fourth-order valence-corrected chi connectivity index (χ4v) is 5.51. The highest BCUT2D eigenvalue weighted by Crippen LogP contribution is 2.39. The van der Waals surface area contributed by atoms with Crippen LogP contribution in [0.5, 0.6) is 5.75 Å². The van der Waals surface area contributed by atoms with Gasteiger partial charge in [0.25, 0.3) is 0 Å². The molecule has 1 aromatic carbocycles. The van der Waals surface area contributed by atoms with Gasteiger partial charge in [0.1, 0.15) is 5.75 Å². The lowest BCUT2D eigenvalue weighted by Gasteiger charge is -2.45. The first kappa shape index (κ1) is 18.8. The van der Waals surface area contributed by atoms with Crippen LogP contribution in [0.15, 0.2) is 24.3 Å². The zero-order valence-corrected chi connectivity index (χ0v) is 16.4. The Labute approximate surface area is 163 Å². The Balaban J connectivity index is 1.28. The van der Waals surface area contributed by atoms with Crippen molar-refractivity contribution in [2.45, 2.75) is 88.8 Å². The van der Waals surface area contributed by atoms with Gasteiger partial charge in [0.2, 0.25) is 5.91 Å². The molecular formula is C23H34N2O2. The van der Waals surface area contributed by atoms with Crippen molar-refractivity contribution in [3.63, 3.8) is 0 Å². The number of carbonyl (C=O) groups excluding carboxylic acids is 1. The number of benzene rings is 1. The normalized spacial score (nSPS) is 30.9. The standard InChI is InChI=1S/C23H34N2O2/c24-19-14-17-6-4-7-18(15-19)23(17)25-22(26)12-11-16-5-3-10-21(13-16)27-20-8-1-2-9-20/h3,5,10,13,17-20,23H,1-2,4,6-9,11-12,14-15,24H2,(H,25,26). The molecule has 4 rings (SSSR count). The zero-order valence-electron chi connectivity index (χ0n) is 16.4. The third-order valence-corrected chi connectivity index (χ3v) is 6.85. The molecule has 1 amide bonds. The van der Waals surface area contributed by atoms with Gasteiger partial charge in [0.15, 0.2) is 0 Å². The monoisotopic (exact) mass is 370 g/mol. The topological polar surface area (TPSA) is 64.3 Å². The van der Waals surface area contributed by atoms with Crippen LogP contribution in [-0.2, 0) is 11.2 Å². The van der Waals surface area contributed by atoms with E-state index >= 15 is 0 Å². The second-order valence-corrected chi connectivity index (χ2v) is 8.95. The van der Waals surface area contributed by atoms with Crippen molar-refractivity contribution < 1.29 is 9.53 Å². The van der Waals surface area contributed by atoms with E-state index in [-0.39, 0.29) is 5.91 Å². The van der Waals surface area contributed by atoms with Crippen molar-refractivity contribution in [3.8, 4) is 5.75 Å². The molecule has 27 heavy (non-hydrogen) atoms. The lowest BCUT2D eigenvalue weighted by molar-refractivity contribution is -0.123. The Hall–Kier alpha value is -1.55. The van der Waals surface area contributed by atoms with Crippen LogP contribution in [0.2, 0.25) is 0 Å². The largest absolute Gasteiger partial charge is 0.490 e. The summed E-state index contributed by atoms with van der Waals surface area (Å²) >= 11 is 0. The Kier molecular flexibility index (Phi) is 6.01. The number of fused-ring (bicyclic) bond motifs is 2. The molecular weight excluding hydrogens is 336 g/mol. The second kappa shape index (κ2) is 8.64. The summed E-state index contributed by atoms with van der Waals surface area (Å²) in [7, 11) is 0. The predicted molar refractivity (Wildman–Crippen MR) is 108 cm³/mol. The third-order valence-electron chi connectivity index (χ3n) is 6.85. The van der Waals surface area contributed by atoms with Crippen molar-refractivity contribution in [2.75, 3.05) is 0 Å². The van der Waals surface area contributed by atoms with Crippen molar-refractivity contribution in [1.29, 1.82) is 0 Å². The van der Waals surface area contributed by atoms with Gasteiger partial charge in [-0.05, 0) is 87.3 Å². The van der Waals surface area contributed by atoms with E-state index in [0.717, 1.165) is 25.0 Å². The third kappa shape index (κ3) is 4.84. The van der Waals surface area contributed by atoms with Crippen LogP contribution < -0.4 is 15.8 Å². The van der Waals surface area contributed by atoms with E-state index in [1.807, 2.05) is 12.1 Å². The molecule has 4 nitrogen and oxygen atoms in total. The van der Waals surface area contributed by atoms with Gasteiger partial charge in [-0.2, -0.15) is 0 Å². The Morgan fingerprint density at radius 1 is 1.07 bits per heavy atom. The molecule has 3 aliphatic rings. The van der Waals surface area contributed by atoms with Crippen LogP contribution in [0.1, 0.15) is 69.8 Å². The van der Waals surface area contributed by atoms with Crippen LogP contribution in [0.3, 0.4) is 0 Å². The summed E-state index contributed by atoms with van der Waals surface area (Å²) in [5.74, 6) is 2.31. The van der Waals surface area contributed by atoms with Crippen molar-refractivity contribution in [2.24, 2.45) is 17.6 Å². The van der Waals surface area contributed by atoms with Crippen molar-refractivity contribution in [3.05, 3.63) is 29.8 Å². The molecule has 0 aromatic heterocycles. The van der Waals surface area contributed by atoms with Gasteiger partial charge in [0, 0.05) is 18.5 Å². The molecule has 3 aliphatic carbocycles. The minimum Gasteiger partial charge on any atom is -0.490 e. The lowest BCUT2D eigenvalue weighted by atomic mass is 9.67. The van der Waals surface area contributed by atoms with Gasteiger partial charge in [-0.25, -0.2) is 0 Å². The predicted octanol–water partition coefficient (Wildman–Crippen LogP) is 3.96. The van der Waals surface area contributed by atoms with E-state index in [1.54, 1.807) is 0 Å². The number of amides is 1. The molecule has 0 radical (unpaired) electrons. The van der Waals surface area contributed by atoms with E-state index < -0.39 is 0 Å². The first-order chi connectivity index (χ1) is 13.2. The molecule has 3 fully saturated rings. The zero-order chi connectivity index (χ0) is 18.6. The summed E-state index contributed by atoms with van der Waals surface area (Å²) in [6, 6.07) is 8.97. The van der Waals surface area contributed by atoms with Crippen LogP contribution in [-0.4, -0.2) is 24.1 Å². The minimum absolute atomic E-state index is 0.189. The fraction of sp³-hybridized carbons (Fsp3) is 0.696. The van der Waals surface area contributed by atoms with Gasteiger partial charge < -0.3 is 15.8 Å². The highest BCUT2D eigenvalue weighted by molar-refractivity contribution is 5.76. The van der Waals surface area contributed by atoms with E-state index in [1.165, 1.54) is 50.5 Å². The number of hydrogen-bond acceptors (Lipinski definition) is 3. The lowest BCUT2D eigenvalue weighted by Crippen LogP contribution is -2.53. The summed E-state index contributed by atoms with van der Waals surface area (Å²) in [5.41, 5.74) is 7.39. The van der Waals surface area contributed by atoms with Gasteiger partial charge in [-0.3, -0.25) is 4.79 Å². The quantitative estimate of drug-likeness (QED) is 0.796. The second-order valence-electron chi connectivity index (χ2n) is 8.95. The van der Waals surface area contributed by atoms with Crippen molar-refractivity contribution >= 4 is 5.91 Å². The highest BCUT2D eigenvalue weighted by Gasteiger charge is 2.39. The number of nitrogens with one attached hydrogen (secondary N) is 1. The van der Waals surface area contributed by atoms with E-state index in [4.69, 9.17) is 10.5 Å². The maximum absolute atomic E-state index is 12.6. The Bertz CT molecular complexity index is 627. The summed E-state index contributed by atoms with van der Waals surface area (Å²) in [5, 5.41) is 3.36. The van der Waals surface area contributed by atoms with Crippen LogP contribution >= 0.6 is 0 Å². The SMILES string of the molecule is NC1CC2CCCC(C1)C2NC(=O)CCc1cccc(OC2CCCC2)c1. The summed E-state index contributed by atoms with van der Waals surface area (Å²) in [4.78, 5) is 12.6. The fourth-order valence-electron chi connectivity index (χ4n) is 5.51.